The Morgan fingerprint density at radius 1 is 1.38 bits per heavy atom. The lowest BCUT2D eigenvalue weighted by Crippen LogP contribution is -2.44. The number of nitrogens with one attached hydrogen (secondary N) is 2. The number of rotatable bonds is 11. The van der Waals surface area contributed by atoms with Crippen LogP contribution in [0.2, 0.25) is 0 Å². The number of H-pyrrole nitrogens is 1. The van der Waals surface area contributed by atoms with E-state index in [0.717, 1.165) is 16.8 Å². The highest BCUT2D eigenvalue weighted by atomic mass is 31.2. The fraction of sp³-hybridized carbons (Fsp3) is 0.476. The minimum absolute atomic E-state index is 0.0823. The zero-order valence-corrected chi connectivity index (χ0v) is 21.1. The number of benzene rings is 1. The molecule has 1 saturated heterocycles. The van der Waals surface area contributed by atoms with Gasteiger partial charge in [-0.1, -0.05) is 30.2 Å². The molecule has 6 atom stereocenters. The van der Waals surface area contributed by atoms with Crippen LogP contribution in [0.25, 0.3) is 10.4 Å². The van der Waals surface area contributed by atoms with Gasteiger partial charge >= 0.3 is 19.4 Å². The van der Waals surface area contributed by atoms with Crippen molar-refractivity contribution in [3.8, 4) is 5.75 Å². The Kier molecular flexibility index (Phi) is 8.92. The Morgan fingerprint density at radius 2 is 2.08 bits per heavy atom. The molecule has 0 radical (unpaired) electrons. The zero-order valence-electron chi connectivity index (χ0n) is 20.2. The number of carbonyl (C=O) groups excluding carboxylic acids is 1. The fourth-order valence-corrected chi connectivity index (χ4v) is 5.16. The van der Waals surface area contributed by atoms with E-state index in [-0.39, 0.29) is 12.4 Å². The van der Waals surface area contributed by atoms with Crippen LogP contribution in [0.15, 0.2) is 57.3 Å². The molecule has 3 rings (SSSR count). The first-order valence-corrected chi connectivity index (χ1v) is 12.8. The minimum atomic E-state index is -4.39. The summed E-state index contributed by atoms with van der Waals surface area (Å²) in [5.41, 5.74) is 5.59. The highest BCUT2D eigenvalue weighted by molar-refractivity contribution is 7.52. The van der Waals surface area contributed by atoms with Crippen LogP contribution in [-0.4, -0.2) is 51.7 Å². The van der Waals surface area contributed by atoms with Crippen LogP contribution in [0, 0.1) is 5.92 Å². The maximum absolute atomic E-state index is 13.7. The van der Waals surface area contributed by atoms with Crippen molar-refractivity contribution in [2.24, 2.45) is 11.0 Å². The number of aromatic amines is 1. The summed E-state index contributed by atoms with van der Waals surface area (Å²) in [6, 6.07) is 7.88. The molecule has 1 fully saturated rings. The van der Waals surface area contributed by atoms with Gasteiger partial charge in [0.25, 0.3) is 5.56 Å². The van der Waals surface area contributed by atoms with Gasteiger partial charge in [0.05, 0.1) is 19.3 Å². The molecule has 1 unspecified atom stereocenters. The van der Waals surface area contributed by atoms with Crippen molar-refractivity contribution in [2.75, 3.05) is 13.2 Å². The highest BCUT2D eigenvalue weighted by Gasteiger charge is 2.55. The predicted molar refractivity (Wildman–Crippen MR) is 128 cm³/mol. The third-order valence-electron chi connectivity index (χ3n) is 5.48. The molecular weight excluding hydrogens is 511 g/mol. The van der Waals surface area contributed by atoms with E-state index in [1.807, 2.05) is 0 Å². The van der Waals surface area contributed by atoms with Crippen LogP contribution in [0.1, 0.15) is 27.0 Å². The Hall–Kier alpha value is -3.45. The van der Waals surface area contributed by atoms with E-state index in [2.05, 4.69) is 20.1 Å². The number of para-hydroxylation sites is 1. The molecule has 16 heteroatoms. The van der Waals surface area contributed by atoms with Crippen LogP contribution < -0.4 is 20.9 Å². The van der Waals surface area contributed by atoms with Crippen molar-refractivity contribution in [1.82, 2.24) is 14.6 Å². The van der Waals surface area contributed by atoms with Gasteiger partial charge in [0.15, 0.2) is 5.72 Å². The molecule has 1 aromatic carbocycles. The summed E-state index contributed by atoms with van der Waals surface area (Å²) in [5, 5.41) is 17.0. The molecule has 200 valence electrons. The largest absolute Gasteiger partial charge is 0.465 e. The summed E-state index contributed by atoms with van der Waals surface area (Å²) in [5.74, 6) is -1.44. The van der Waals surface area contributed by atoms with E-state index in [0.29, 0.717) is 0 Å². The standard InChI is InChI=1S/C21H27N6O9P/c1-4-33-19(30)14(3)24-37(32,36-15-8-6-5-7-9-15)34-12-21(25-26-22)17(29)13(2)18(35-21)27-11-10-16(28)23-20(27)31/h5-11,13-14,17-18,29H,4,12H2,1-3H3,(H,24,32)(H,23,28,31)/t13-,14-,17-,18+,21+,37?/m0/s1. The van der Waals surface area contributed by atoms with Gasteiger partial charge in [-0.3, -0.25) is 23.7 Å². The van der Waals surface area contributed by atoms with Crippen molar-refractivity contribution < 1.29 is 33.0 Å². The van der Waals surface area contributed by atoms with Crippen LogP contribution in [0.4, 0.5) is 0 Å². The van der Waals surface area contributed by atoms with Crippen LogP contribution in [-0.2, 0) is 23.4 Å². The van der Waals surface area contributed by atoms with Gasteiger partial charge in [-0.05, 0) is 31.5 Å². The van der Waals surface area contributed by atoms with Crippen LogP contribution in [0.5, 0.6) is 5.75 Å². The molecule has 0 amide bonds. The topological polar surface area (TPSA) is 207 Å². The molecule has 0 saturated carbocycles. The molecule has 0 bridgehead atoms. The van der Waals surface area contributed by atoms with Gasteiger partial charge in [0.1, 0.15) is 18.0 Å². The molecule has 37 heavy (non-hydrogen) atoms. The van der Waals surface area contributed by atoms with Gasteiger partial charge in [0, 0.05) is 23.1 Å². The molecular formula is C21H27N6O9P. The summed E-state index contributed by atoms with van der Waals surface area (Å²) >= 11 is 0. The third-order valence-corrected chi connectivity index (χ3v) is 7.10. The lowest BCUT2D eigenvalue weighted by Gasteiger charge is -2.30. The average Bonchev–Trinajstić information content (AvgIpc) is 3.09. The van der Waals surface area contributed by atoms with Crippen molar-refractivity contribution in [2.45, 2.75) is 44.9 Å². The monoisotopic (exact) mass is 538 g/mol. The van der Waals surface area contributed by atoms with E-state index >= 15 is 0 Å². The highest BCUT2D eigenvalue weighted by Crippen LogP contribution is 2.49. The molecule has 1 aliphatic heterocycles. The summed E-state index contributed by atoms with van der Waals surface area (Å²) < 4.78 is 36.5. The van der Waals surface area contributed by atoms with Gasteiger partial charge in [-0.15, -0.1) is 0 Å². The number of aromatic nitrogens is 2. The Morgan fingerprint density at radius 3 is 2.70 bits per heavy atom. The number of aliphatic hydroxyl groups excluding tert-OH is 1. The lowest BCUT2D eigenvalue weighted by atomic mass is 9.98. The number of ether oxygens (including phenoxy) is 2. The zero-order chi connectivity index (χ0) is 27.2. The molecule has 1 aromatic heterocycles. The maximum Gasteiger partial charge on any atom is 0.459 e. The summed E-state index contributed by atoms with van der Waals surface area (Å²) in [4.78, 5) is 40.7. The lowest BCUT2D eigenvalue weighted by molar-refractivity contribution is -0.144. The van der Waals surface area contributed by atoms with Crippen molar-refractivity contribution in [3.63, 3.8) is 0 Å². The number of carbonyl (C=O) groups is 1. The Balaban J connectivity index is 1.91. The van der Waals surface area contributed by atoms with Crippen molar-refractivity contribution in [3.05, 3.63) is 73.9 Å². The van der Waals surface area contributed by atoms with E-state index in [1.54, 1.807) is 25.1 Å². The smallest absolute Gasteiger partial charge is 0.459 e. The Labute approximate surface area is 210 Å². The number of hydrogen-bond donors (Lipinski definition) is 3. The molecule has 1 aliphatic rings. The van der Waals surface area contributed by atoms with E-state index in [9.17, 15) is 29.6 Å². The molecule has 2 heterocycles. The maximum atomic E-state index is 13.7. The summed E-state index contributed by atoms with van der Waals surface area (Å²) in [7, 11) is -4.39. The van der Waals surface area contributed by atoms with Gasteiger partial charge in [0.2, 0.25) is 0 Å². The number of azide groups is 1. The first-order chi connectivity index (χ1) is 17.5. The SMILES string of the molecule is CCOC(=O)[C@H](C)NP(=O)(OC[C@@]1(N=[N+]=[N-])O[C@@H](n2ccc(=O)[nH]c2=O)[C@@H](C)[C@@H]1O)Oc1ccccc1. The number of nitrogens with zero attached hydrogens (tertiary/aromatic N) is 4. The predicted octanol–water partition coefficient (Wildman–Crippen LogP) is 1.81. The second-order valence-electron chi connectivity index (χ2n) is 8.14. The van der Waals surface area contributed by atoms with Gasteiger partial charge < -0.3 is 19.1 Å². The van der Waals surface area contributed by atoms with E-state index in [4.69, 9.17) is 18.5 Å². The van der Waals surface area contributed by atoms with Crippen molar-refractivity contribution in [1.29, 1.82) is 0 Å². The Bertz CT molecular complexity index is 1310. The van der Waals surface area contributed by atoms with Crippen molar-refractivity contribution >= 4 is 13.7 Å². The number of hydrogen-bond acceptors (Lipinski definition) is 10. The quantitative estimate of drug-likeness (QED) is 0.124. The number of esters is 1. The van der Waals surface area contributed by atoms with Gasteiger partial charge in [-0.2, -0.15) is 5.09 Å². The normalized spacial score (nSPS) is 25.5. The van der Waals surface area contributed by atoms with Crippen LogP contribution >= 0.6 is 7.75 Å². The van der Waals surface area contributed by atoms with Crippen LogP contribution in [0.3, 0.4) is 0 Å². The molecule has 0 aliphatic carbocycles. The second kappa shape index (κ2) is 11.7. The van der Waals surface area contributed by atoms with E-state index < -0.39 is 61.6 Å². The molecule has 2 aromatic rings. The number of aliphatic hydroxyl groups is 1. The molecule has 0 spiro atoms. The molecule has 3 N–H and O–H groups in total. The molecule has 15 nitrogen and oxygen atoms in total. The minimum Gasteiger partial charge on any atom is -0.465 e. The second-order valence-corrected chi connectivity index (χ2v) is 9.84. The first-order valence-electron chi connectivity index (χ1n) is 11.2. The first kappa shape index (κ1) is 28.1. The average molecular weight is 538 g/mol. The fourth-order valence-electron chi connectivity index (χ4n) is 3.64. The van der Waals surface area contributed by atoms with E-state index in [1.165, 1.54) is 26.0 Å². The third kappa shape index (κ3) is 6.46. The summed E-state index contributed by atoms with van der Waals surface area (Å²) in [6.07, 6.45) is -1.57. The summed E-state index contributed by atoms with van der Waals surface area (Å²) in [6.45, 7) is 3.79. The van der Waals surface area contributed by atoms with Gasteiger partial charge in [-0.25, -0.2) is 9.36 Å².